The number of carbonyl (C=O) groups is 1. The molecule has 1 amide bonds. The summed E-state index contributed by atoms with van der Waals surface area (Å²) in [6.07, 6.45) is 1.35. The lowest BCUT2D eigenvalue weighted by Crippen LogP contribution is -2.57. The minimum Gasteiger partial charge on any atom is -0.386 e. The van der Waals surface area contributed by atoms with Gasteiger partial charge in [0.05, 0.1) is 18.2 Å². The van der Waals surface area contributed by atoms with Crippen molar-refractivity contribution in [2.75, 3.05) is 18.5 Å². The first-order valence-electron chi connectivity index (χ1n) is 9.42. The summed E-state index contributed by atoms with van der Waals surface area (Å²) in [5.74, 6) is -1.12. The zero-order valence-electron chi connectivity index (χ0n) is 16.8. The van der Waals surface area contributed by atoms with Crippen molar-refractivity contribution in [2.45, 2.75) is 29.4 Å². The topological polar surface area (TPSA) is 130 Å². The number of rotatable bonds is 3. The molecule has 0 radical (unpaired) electrons. The first kappa shape index (κ1) is 22.0. The van der Waals surface area contributed by atoms with Gasteiger partial charge in [0.25, 0.3) is 5.91 Å². The summed E-state index contributed by atoms with van der Waals surface area (Å²) in [5.41, 5.74) is 5.17. The van der Waals surface area contributed by atoms with Gasteiger partial charge in [-0.25, -0.2) is 9.37 Å². The Hall–Kier alpha value is -2.24. The highest BCUT2D eigenvalue weighted by Gasteiger charge is 2.61. The highest BCUT2D eigenvalue weighted by molar-refractivity contribution is 8.26. The SMILES string of the molecule is CC1(C)C(N)=N[C@@]2(c3cc(NC(=O)c4ccc(Cl)cn4)ccc3F)COC[C@@H]2S1(O)O. The predicted octanol–water partition coefficient (Wildman–Crippen LogP) is 3.62. The van der Waals surface area contributed by atoms with Crippen LogP contribution in [0.1, 0.15) is 29.9 Å². The van der Waals surface area contributed by atoms with Crippen LogP contribution in [0.3, 0.4) is 0 Å². The largest absolute Gasteiger partial charge is 0.386 e. The zero-order chi connectivity index (χ0) is 22.6. The third kappa shape index (κ3) is 3.39. The number of hydrogen-bond acceptors (Lipinski definition) is 7. The van der Waals surface area contributed by atoms with Gasteiger partial charge in [-0.05, 0) is 44.2 Å². The number of nitrogens with two attached hydrogens (primary N) is 1. The summed E-state index contributed by atoms with van der Waals surface area (Å²) in [7, 11) is -3.35. The molecule has 1 saturated heterocycles. The average Bonchev–Trinajstić information content (AvgIpc) is 3.14. The maximum atomic E-state index is 15.0. The van der Waals surface area contributed by atoms with E-state index in [0.29, 0.717) is 5.02 Å². The van der Waals surface area contributed by atoms with E-state index in [1.807, 2.05) is 0 Å². The molecule has 5 N–H and O–H groups in total. The molecule has 1 fully saturated rings. The van der Waals surface area contributed by atoms with Gasteiger partial charge >= 0.3 is 0 Å². The number of aromatic nitrogens is 1. The monoisotopic (exact) mass is 468 g/mol. The summed E-state index contributed by atoms with van der Waals surface area (Å²) in [6, 6.07) is 6.99. The van der Waals surface area contributed by atoms with E-state index < -0.39 is 37.9 Å². The van der Waals surface area contributed by atoms with Crippen LogP contribution in [-0.4, -0.2) is 49.0 Å². The van der Waals surface area contributed by atoms with Gasteiger partial charge in [-0.15, -0.1) is 0 Å². The lowest BCUT2D eigenvalue weighted by atomic mass is 9.87. The molecule has 0 unspecified atom stereocenters. The summed E-state index contributed by atoms with van der Waals surface area (Å²) in [6.45, 7) is 3.11. The fraction of sp³-hybridized carbons (Fsp3) is 0.350. The Balaban J connectivity index is 1.75. The number of aliphatic imine (C=N–C) groups is 1. The molecule has 1 aromatic heterocycles. The number of anilines is 1. The van der Waals surface area contributed by atoms with E-state index in [4.69, 9.17) is 22.1 Å². The molecule has 2 aliphatic heterocycles. The van der Waals surface area contributed by atoms with Crippen molar-refractivity contribution >= 4 is 39.6 Å². The Morgan fingerprint density at radius 1 is 1.35 bits per heavy atom. The standard InChI is InChI=1S/C20H22ClFN4O4S/c1-19(2)18(23)26-20(10-30-9-16(20)31(19,28)29)13-7-12(4-5-14(13)22)25-17(27)15-6-3-11(21)8-24-15/h3-8,16,28-29H,9-10H2,1-2H3,(H2,23,26)(H,25,27)/t16-,20+/m0/s1. The van der Waals surface area contributed by atoms with Gasteiger partial charge in [0.1, 0.15) is 32.9 Å². The minimum atomic E-state index is -3.35. The van der Waals surface area contributed by atoms with Crippen LogP contribution in [0.4, 0.5) is 10.1 Å². The van der Waals surface area contributed by atoms with Gasteiger partial charge in [0.15, 0.2) is 0 Å². The fourth-order valence-electron chi connectivity index (χ4n) is 3.83. The maximum Gasteiger partial charge on any atom is 0.274 e. The van der Waals surface area contributed by atoms with Crippen LogP contribution in [0.2, 0.25) is 5.02 Å². The first-order valence-corrected chi connectivity index (χ1v) is 11.4. The number of nitrogens with zero attached hydrogens (tertiary/aromatic N) is 2. The highest BCUT2D eigenvalue weighted by atomic mass is 35.5. The molecular weight excluding hydrogens is 447 g/mol. The summed E-state index contributed by atoms with van der Waals surface area (Å²) >= 11 is 5.80. The van der Waals surface area contributed by atoms with Crippen molar-refractivity contribution in [3.63, 3.8) is 0 Å². The predicted molar refractivity (Wildman–Crippen MR) is 118 cm³/mol. The van der Waals surface area contributed by atoms with E-state index in [-0.39, 0.29) is 36.0 Å². The number of halogens is 2. The smallest absolute Gasteiger partial charge is 0.274 e. The van der Waals surface area contributed by atoms with Gasteiger partial charge in [0, 0.05) is 17.4 Å². The molecule has 8 nitrogen and oxygen atoms in total. The van der Waals surface area contributed by atoms with Gasteiger partial charge < -0.3 is 15.8 Å². The average molecular weight is 469 g/mol. The number of fused-ring (bicyclic) bond motifs is 1. The Kier molecular flexibility index (Phi) is 5.26. The molecule has 4 rings (SSSR count). The number of amidine groups is 1. The molecule has 1 aromatic carbocycles. The lowest BCUT2D eigenvalue weighted by molar-refractivity contribution is 0.102. The second-order valence-corrected chi connectivity index (χ2v) is 11.3. The normalized spacial score (nSPS) is 27.2. The minimum absolute atomic E-state index is 0.00668. The van der Waals surface area contributed by atoms with Crippen LogP contribution in [0, 0.1) is 5.82 Å². The lowest BCUT2D eigenvalue weighted by Gasteiger charge is -2.56. The Labute approximate surface area is 185 Å². The number of nitrogens with one attached hydrogen (secondary N) is 1. The molecular formula is C20H22ClFN4O4S. The Morgan fingerprint density at radius 2 is 2.10 bits per heavy atom. The zero-order valence-corrected chi connectivity index (χ0v) is 18.4. The molecule has 0 saturated carbocycles. The van der Waals surface area contributed by atoms with Gasteiger partial charge in [-0.1, -0.05) is 11.6 Å². The molecule has 2 aliphatic rings. The molecule has 11 heteroatoms. The van der Waals surface area contributed by atoms with Crippen LogP contribution < -0.4 is 11.1 Å². The van der Waals surface area contributed by atoms with Crippen molar-refractivity contribution in [2.24, 2.45) is 10.7 Å². The quantitative estimate of drug-likeness (QED) is 0.544. The van der Waals surface area contributed by atoms with Crippen LogP contribution in [0.15, 0.2) is 41.5 Å². The maximum absolute atomic E-state index is 15.0. The third-order valence-electron chi connectivity index (χ3n) is 5.86. The molecule has 0 aliphatic carbocycles. The number of carbonyl (C=O) groups excluding carboxylic acids is 1. The summed E-state index contributed by atoms with van der Waals surface area (Å²) in [4.78, 5) is 21.0. The third-order valence-corrected chi connectivity index (χ3v) is 9.11. The summed E-state index contributed by atoms with van der Waals surface area (Å²) < 4.78 is 41.4. The van der Waals surface area contributed by atoms with E-state index in [9.17, 15) is 13.9 Å². The molecule has 2 aromatic rings. The fourth-order valence-corrected chi connectivity index (χ4v) is 6.09. The van der Waals surface area contributed by atoms with Crippen molar-refractivity contribution in [3.8, 4) is 0 Å². The van der Waals surface area contributed by atoms with E-state index in [1.165, 1.54) is 36.5 Å². The van der Waals surface area contributed by atoms with Crippen molar-refractivity contribution in [3.05, 3.63) is 58.6 Å². The van der Waals surface area contributed by atoms with E-state index >= 15 is 4.39 Å². The van der Waals surface area contributed by atoms with Crippen LogP contribution in [0.25, 0.3) is 0 Å². The number of pyridine rings is 1. The summed E-state index contributed by atoms with van der Waals surface area (Å²) in [5, 5.41) is 2.16. The van der Waals surface area contributed by atoms with Gasteiger partial charge in [0.2, 0.25) is 0 Å². The van der Waals surface area contributed by atoms with Crippen molar-refractivity contribution in [1.82, 2.24) is 4.98 Å². The van der Waals surface area contributed by atoms with Crippen molar-refractivity contribution in [1.29, 1.82) is 0 Å². The molecule has 3 heterocycles. The second kappa shape index (κ2) is 7.42. The Morgan fingerprint density at radius 3 is 2.77 bits per heavy atom. The van der Waals surface area contributed by atoms with E-state index in [0.717, 1.165) is 0 Å². The van der Waals surface area contributed by atoms with E-state index in [1.54, 1.807) is 13.8 Å². The molecule has 166 valence electrons. The first-order chi connectivity index (χ1) is 14.5. The Bertz CT molecular complexity index is 1080. The highest BCUT2D eigenvalue weighted by Crippen LogP contribution is 2.66. The molecule has 2 atom stereocenters. The molecule has 0 bridgehead atoms. The van der Waals surface area contributed by atoms with E-state index in [2.05, 4.69) is 15.3 Å². The molecule has 31 heavy (non-hydrogen) atoms. The number of hydrogen-bond donors (Lipinski definition) is 4. The van der Waals surface area contributed by atoms with Crippen LogP contribution in [-0.2, 0) is 10.3 Å². The van der Waals surface area contributed by atoms with Crippen LogP contribution >= 0.6 is 22.2 Å². The van der Waals surface area contributed by atoms with Crippen molar-refractivity contribution < 1.29 is 23.0 Å². The molecule has 0 spiro atoms. The van der Waals surface area contributed by atoms with Gasteiger partial charge in [-0.3, -0.25) is 18.9 Å². The second-order valence-electron chi connectivity index (χ2n) is 8.04. The van der Waals surface area contributed by atoms with Crippen LogP contribution in [0.5, 0.6) is 0 Å². The number of amides is 1. The van der Waals surface area contributed by atoms with Gasteiger partial charge in [-0.2, -0.15) is 10.6 Å². The number of benzene rings is 1. The number of ether oxygens (including phenoxy) is 1.